The summed E-state index contributed by atoms with van der Waals surface area (Å²) >= 11 is 0. The molecule has 7 N–H and O–H groups in total. The number of likely N-dealkylation sites (N-methyl/N-ethyl adjacent to an activating group) is 1. The van der Waals surface area contributed by atoms with Gasteiger partial charge in [0.15, 0.2) is 12.0 Å². The zero-order valence-electron chi connectivity index (χ0n) is 17.4. The fourth-order valence-electron chi connectivity index (χ4n) is 3.94. The van der Waals surface area contributed by atoms with Crippen molar-refractivity contribution in [1.29, 1.82) is 0 Å². The minimum Gasteiger partial charge on any atom is -0.387 e. The summed E-state index contributed by atoms with van der Waals surface area (Å²) in [5.74, 6) is -0.0338. The van der Waals surface area contributed by atoms with Gasteiger partial charge in [0.25, 0.3) is 5.56 Å². The highest BCUT2D eigenvalue weighted by atomic mass is 31.2. The highest BCUT2D eigenvalue weighted by Crippen LogP contribution is 2.41. The standard InChI is InChI=1S/C19H24N5O8P/c1-23-12(8-7-10-5-3-2-4-6-10)24(16-13(23)17(27)22-19(20)21-16)18-15(26)14(25)11(32-18)9-31-33(28,29)30/h2-8,11-12,14-15,18,25-26H,9H2,1H3,(H2,28,29,30)(H3,20,21,22,27)/t11-,12?,14-,15-,18-/m1/s1. The van der Waals surface area contributed by atoms with Crippen LogP contribution in [-0.2, 0) is 13.8 Å². The van der Waals surface area contributed by atoms with E-state index in [-0.39, 0.29) is 17.5 Å². The van der Waals surface area contributed by atoms with E-state index in [2.05, 4.69) is 14.5 Å². The maximum Gasteiger partial charge on any atom is 0.469 e. The van der Waals surface area contributed by atoms with Crippen molar-refractivity contribution < 1.29 is 33.8 Å². The number of fused-ring (bicyclic) bond motifs is 1. The number of nitrogens with one attached hydrogen (secondary N) is 1. The van der Waals surface area contributed by atoms with Gasteiger partial charge in [-0.1, -0.05) is 36.4 Å². The summed E-state index contributed by atoms with van der Waals surface area (Å²) in [7, 11) is -3.17. The number of aliphatic hydroxyl groups excluding tert-OH is 2. The summed E-state index contributed by atoms with van der Waals surface area (Å²) in [6, 6.07) is 9.36. The molecule has 14 heteroatoms. The number of anilines is 3. The van der Waals surface area contributed by atoms with Crippen LogP contribution in [0.3, 0.4) is 0 Å². The van der Waals surface area contributed by atoms with Gasteiger partial charge in [0, 0.05) is 7.05 Å². The van der Waals surface area contributed by atoms with Crippen molar-refractivity contribution in [3.8, 4) is 0 Å². The first-order chi connectivity index (χ1) is 15.6. The van der Waals surface area contributed by atoms with Crippen LogP contribution < -0.4 is 21.1 Å². The quantitative estimate of drug-likeness (QED) is 0.282. The third-order valence-electron chi connectivity index (χ3n) is 5.45. The average molecular weight is 481 g/mol. The topological polar surface area (TPSA) is 195 Å². The summed E-state index contributed by atoms with van der Waals surface area (Å²) in [5.41, 5.74) is 6.29. The molecule has 0 amide bonds. The van der Waals surface area contributed by atoms with Gasteiger partial charge in [-0.2, -0.15) is 4.98 Å². The number of ether oxygens (including phenoxy) is 1. The maximum absolute atomic E-state index is 12.6. The van der Waals surface area contributed by atoms with Crippen molar-refractivity contribution in [3.63, 3.8) is 0 Å². The molecule has 13 nitrogen and oxygen atoms in total. The summed E-state index contributed by atoms with van der Waals surface area (Å²) in [6.45, 7) is -0.662. The van der Waals surface area contributed by atoms with Gasteiger partial charge in [-0.05, 0) is 11.6 Å². The van der Waals surface area contributed by atoms with Gasteiger partial charge >= 0.3 is 7.82 Å². The molecular formula is C19H24N5O8P. The minimum absolute atomic E-state index is 0.120. The van der Waals surface area contributed by atoms with Crippen molar-refractivity contribution in [1.82, 2.24) is 9.97 Å². The third-order valence-corrected chi connectivity index (χ3v) is 5.94. The number of nitrogen functional groups attached to an aromatic ring is 1. The Balaban J connectivity index is 1.71. The fraction of sp³-hybridized carbons (Fsp3) is 0.368. The number of hydrogen-bond donors (Lipinski definition) is 6. The first kappa shape index (κ1) is 23.4. The molecule has 1 saturated heterocycles. The number of nitrogens with zero attached hydrogens (tertiary/aromatic N) is 3. The Morgan fingerprint density at radius 1 is 1.27 bits per heavy atom. The first-order valence-corrected chi connectivity index (χ1v) is 11.5. The Bertz CT molecular complexity index is 1140. The van der Waals surface area contributed by atoms with Crippen molar-refractivity contribution in [2.75, 3.05) is 29.2 Å². The monoisotopic (exact) mass is 481 g/mol. The van der Waals surface area contributed by atoms with E-state index in [4.69, 9.17) is 20.3 Å². The summed E-state index contributed by atoms with van der Waals surface area (Å²) in [4.78, 5) is 40.3. The van der Waals surface area contributed by atoms with E-state index in [1.165, 1.54) is 4.90 Å². The second kappa shape index (κ2) is 8.88. The van der Waals surface area contributed by atoms with Crippen LogP contribution in [0.15, 0.2) is 41.2 Å². The molecule has 5 atom stereocenters. The lowest BCUT2D eigenvalue weighted by atomic mass is 10.1. The molecule has 2 aliphatic heterocycles. The molecule has 2 aliphatic rings. The number of aromatic nitrogens is 2. The molecule has 0 spiro atoms. The maximum atomic E-state index is 12.6. The number of hydrogen-bond acceptors (Lipinski definition) is 10. The minimum atomic E-state index is -4.82. The molecule has 1 unspecified atom stereocenters. The summed E-state index contributed by atoms with van der Waals surface area (Å²) < 4.78 is 21.2. The van der Waals surface area contributed by atoms with E-state index in [0.717, 1.165) is 5.56 Å². The molecule has 1 aromatic heterocycles. The number of nitrogens with two attached hydrogens (primary N) is 1. The summed E-state index contributed by atoms with van der Waals surface area (Å²) in [6.07, 6.45) is -2.61. The second-order valence-corrected chi connectivity index (χ2v) is 8.90. The molecule has 2 aromatic rings. The van der Waals surface area contributed by atoms with Crippen LogP contribution in [0.5, 0.6) is 0 Å². The van der Waals surface area contributed by atoms with E-state index < -0.39 is 50.7 Å². The first-order valence-electron chi connectivity index (χ1n) is 9.92. The van der Waals surface area contributed by atoms with Gasteiger partial charge in [-0.3, -0.25) is 14.3 Å². The highest BCUT2D eigenvalue weighted by Gasteiger charge is 2.51. The third kappa shape index (κ3) is 4.66. The van der Waals surface area contributed by atoms with Gasteiger partial charge in [-0.15, -0.1) is 0 Å². The number of benzene rings is 1. The predicted octanol–water partition coefficient (Wildman–Crippen LogP) is -0.796. The van der Waals surface area contributed by atoms with Crippen molar-refractivity contribution in [2.45, 2.75) is 30.7 Å². The van der Waals surface area contributed by atoms with Crippen molar-refractivity contribution in [2.24, 2.45) is 0 Å². The molecule has 0 saturated carbocycles. The van der Waals surface area contributed by atoms with Crippen LogP contribution in [-0.4, -0.2) is 74.3 Å². The van der Waals surface area contributed by atoms with Gasteiger partial charge in [-0.25, -0.2) is 4.57 Å². The van der Waals surface area contributed by atoms with E-state index in [1.54, 1.807) is 18.0 Å². The molecule has 4 rings (SSSR count). The fourth-order valence-corrected chi connectivity index (χ4v) is 4.28. The van der Waals surface area contributed by atoms with E-state index >= 15 is 0 Å². The average Bonchev–Trinajstić information content (AvgIpc) is 3.18. The normalized spacial score (nSPS) is 27.5. The summed E-state index contributed by atoms with van der Waals surface area (Å²) in [5, 5.41) is 21.1. The number of aliphatic hydroxyl groups is 2. The van der Waals surface area contributed by atoms with Gasteiger partial charge in [0.1, 0.15) is 30.2 Å². The molecule has 1 fully saturated rings. The van der Waals surface area contributed by atoms with Crippen LogP contribution in [0.2, 0.25) is 0 Å². The van der Waals surface area contributed by atoms with Gasteiger partial charge in [0.05, 0.1) is 6.61 Å². The Morgan fingerprint density at radius 3 is 2.64 bits per heavy atom. The second-order valence-electron chi connectivity index (χ2n) is 7.66. The molecule has 178 valence electrons. The molecule has 33 heavy (non-hydrogen) atoms. The molecule has 3 heterocycles. The molecular weight excluding hydrogens is 457 g/mol. The molecule has 0 radical (unpaired) electrons. The van der Waals surface area contributed by atoms with Gasteiger partial charge in [0.2, 0.25) is 5.95 Å². The SMILES string of the molecule is CN1c2c(nc(N)[nH]c2=O)N([C@@H]2O[C@H](COP(=O)(O)O)[C@@H](O)[C@H]2O)C1C=Cc1ccccc1. The number of phosphoric acid groups is 1. The van der Waals surface area contributed by atoms with Crippen LogP contribution in [0.25, 0.3) is 6.08 Å². The van der Waals surface area contributed by atoms with E-state index in [1.807, 2.05) is 36.4 Å². The molecule has 0 bridgehead atoms. The van der Waals surface area contributed by atoms with Crippen LogP contribution in [0.1, 0.15) is 5.56 Å². The number of phosphoric ester groups is 1. The van der Waals surface area contributed by atoms with Crippen molar-refractivity contribution in [3.05, 3.63) is 52.3 Å². The number of H-pyrrole nitrogens is 1. The van der Waals surface area contributed by atoms with Crippen LogP contribution >= 0.6 is 7.82 Å². The predicted molar refractivity (Wildman–Crippen MR) is 118 cm³/mol. The van der Waals surface area contributed by atoms with E-state index in [0.29, 0.717) is 0 Å². The molecule has 1 aromatic carbocycles. The largest absolute Gasteiger partial charge is 0.469 e. The van der Waals surface area contributed by atoms with Crippen LogP contribution in [0, 0.1) is 0 Å². The van der Waals surface area contributed by atoms with E-state index in [9.17, 15) is 19.6 Å². The molecule has 0 aliphatic carbocycles. The Labute approximate surface area is 187 Å². The van der Waals surface area contributed by atoms with Crippen molar-refractivity contribution >= 4 is 31.4 Å². The Kier molecular flexibility index (Phi) is 6.29. The lowest BCUT2D eigenvalue weighted by Crippen LogP contribution is -2.51. The highest BCUT2D eigenvalue weighted by molar-refractivity contribution is 7.46. The Hall–Kier alpha value is -2.77. The van der Waals surface area contributed by atoms with Crippen LogP contribution in [0.4, 0.5) is 17.5 Å². The zero-order chi connectivity index (χ0) is 23.9. The lowest BCUT2D eigenvalue weighted by molar-refractivity contribution is -0.0230. The smallest absolute Gasteiger partial charge is 0.387 e. The lowest BCUT2D eigenvalue weighted by Gasteiger charge is -2.33. The van der Waals surface area contributed by atoms with Gasteiger partial charge < -0.3 is 40.3 Å². The number of rotatable bonds is 6. The number of aromatic amines is 1. The zero-order valence-corrected chi connectivity index (χ0v) is 18.3. The Morgan fingerprint density at radius 2 is 1.97 bits per heavy atom.